The Morgan fingerprint density at radius 1 is 0.694 bits per heavy atom. The molecule has 0 saturated heterocycles. The highest BCUT2D eigenvalue weighted by molar-refractivity contribution is 5.69. The summed E-state index contributed by atoms with van der Waals surface area (Å²) in [4.78, 5) is 22.6. The second-order valence-electron chi connectivity index (χ2n) is 9.91. The molecule has 0 rings (SSSR count). The first-order valence-electron chi connectivity index (χ1n) is 14.8. The number of carbonyl (C=O) groups is 2. The van der Waals surface area contributed by atoms with E-state index in [0.717, 1.165) is 25.7 Å². The summed E-state index contributed by atoms with van der Waals surface area (Å²) in [7, 11) is 0. The van der Waals surface area contributed by atoms with Crippen molar-refractivity contribution in [3.05, 3.63) is 24.3 Å². The monoisotopic (exact) mass is 508 g/mol. The molecule has 0 amide bonds. The Labute approximate surface area is 222 Å². The number of aliphatic hydroxyl groups is 1. The van der Waals surface area contributed by atoms with E-state index in [4.69, 9.17) is 9.47 Å². The molecule has 36 heavy (non-hydrogen) atoms. The van der Waals surface area contributed by atoms with Gasteiger partial charge in [-0.1, -0.05) is 115 Å². The molecule has 0 radical (unpaired) electrons. The van der Waals surface area contributed by atoms with Crippen LogP contribution in [0.3, 0.4) is 0 Å². The van der Waals surface area contributed by atoms with Crippen LogP contribution in [0.1, 0.15) is 142 Å². The van der Waals surface area contributed by atoms with Crippen molar-refractivity contribution in [2.45, 2.75) is 148 Å². The number of hydrogen-bond donors (Lipinski definition) is 1. The van der Waals surface area contributed by atoms with E-state index in [-0.39, 0.29) is 19.2 Å². The van der Waals surface area contributed by atoms with Gasteiger partial charge in [-0.2, -0.15) is 0 Å². The van der Waals surface area contributed by atoms with E-state index >= 15 is 0 Å². The number of esters is 2. The van der Waals surface area contributed by atoms with Crippen LogP contribution in [0.25, 0.3) is 0 Å². The van der Waals surface area contributed by atoms with Crippen molar-refractivity contribution in [2.75, 3.05) is 13.2 Å². The Morgan fingerprint density at radius 2 is 1.17 bits per heavy atom. The third-order valence-corrected chi connectivity index (χ3v) is 6.31. The van der Waals surface area contributed by atoms with Crippen molar-refractivity contribution < 1.29 is 24.2 Å². The number of rotatable bonds is 26. The fourth-order valence-electron chi connectivity index (χ4n) is 4.07. The van der Waals surface area contributed by atoms with Gasteiger partial charge in [0.25, 0.3) is 0 Å². The SMILES string of the molecule is CCCCCCC/C=C\C/C=C\CCCCCCCCCCCCCC(=O)OC(CO)COC(C)=O. The molecule has 5 nitrogen and oxygen atoms in total. The molecule has 0 aliphatic heterocycles. The smallest absolute Gasteiger partial charge is 0.306 e. The van der Waals surface area contributed by atoms with Crippen molar-refractivity contribution in [1.29, 1.82) is 0 Å². The zero-order chi connectivity index (χ0) is 26.5. The summed E-state index contributed by atoms with van der Waals surface area (Å²) in [5.41, 5.74) is 0. The summed E-state index contributed by atoms with van der Waals surface area (Å²) < 4.78 is 9.90. The topological polar surface area (TPSA) is 72.8 Å². The molecule has 0 spiro atoms. The third kappa shape index (κ3) is 27.0. The lowest BCUT2D eigenvalue weighted by Gasteiger charge is -2.15. The second kappa shape index (κ2) is 28.0. The van der Waals surface area contributed by atoms with Crippen LogP contribution in [0.4, 0.5) is 0 Å². The molecular weight excluding hydrogens is 452 g/mol. The average molecular weight is 509 g/mol. The summed E-state index contributed by atoms with van der Waals surface area (Å²) in [5, 5.41) is 9.17. The average Bonchev–Trinajstić information content (AvgIpc) is 2.86. The van der Waals surface area contributed by atoms with Crippen molar-refractivity contribution in [1.82, 2.24) is 0 Å². The second-order valence-corrected chi connectivity index (χ2v) is 9.91. The van der Waals surface area contributed by atoms with Crippen molar-refractivity contribution >= 4 is 11.9 Å². The predicted molar refractivity (Wildman–Crippen MR) is 150 cm³/mol. The van der Waals surface area contributed by atoms with E-state index in [1.807, 2.05) is 0 Å². The molecule has 5 heteroatoms. The van der Waals surface area contributed by atoms with E-state index < -0.39 is 12.1 Å². The van der Waals surface area contributed by atoms with Gasteiger partial charge in [0.05, 0.1) is 6.61 Å². The molecule has 0 aromatic heterocycles. The fourth-order valence-corrected chi connectivity index (χ4v) is 4.07. The quantitative estimate of drug-likeness (QED) is 0.0721. The zero-order valence-corrected chi connectivity index (χ0v) is 23.5. The molecule has 1 N–H and O–H groups in total. The summed E-state index contributed by atoms with van der Waals surface area (Å²) >= 11 is 0. The molecule has 0 bridgehead atoms. The van der Waals surface area contributed by atoms with Crippen molar-refractivity contribution in [3.63, 3.8) is 0 Å². The Morgan fingerprint density at radius 3 is 1.64 bits per heavy atom. The molecule has 0 aromatic rings. The first-order valence-corrected chi connectivity index (χ1v) is 14.8. The maximum atomic E-state index is 11.8. The molecule has 0 saturated carbocycles. The normalized spacial score (nSPS) is 12.4. The molecule has 0 aliphatic carbocycles. The summed E-state index contributed by atoms with van der Waals surface area (Å²) in [6, 6.07) is 0. The van der Waals surface area contributed by atoms with Gasteiger partial charge >= 0.3 is 11.9 Å². The lowest BCUT2D eigenvalue weighted by atomic mass is 10.0. The molecule has 1 atom stereocenters. The number of ether oxygens (including phenoxy) is 2. The van der Waals surface area contributed by atoms with Gasteiger partial charge in [0.15, 0.2) is 6.10 Å². The van der Waals surface area contributed by atoms with Gasteiger partial charge < -0.3 is 14.6 Å². The minimum atomic E-state index is -0.764. The molecule has 210 valence electrons. The van der Waals surface area contributed by atoms with Gasteiger partial charge in [-0.25, -0.2) is 0 Å². The van der Waals surface area contributed by atoms with Gasteiger partial charge in [0.1, 0.15) is 6.61 Å². The largest absolute Gasteiger partial charge is 0.462 e. The lowest BCUT2D eigenvalue weighted by Crippen LogP contribution is -2.28. The highest BCUT2D eigenvalue weighted by Gasteiger charge is 2.14. The molecule has 0 aromatic carbocycles. The summed E-state index contributed by atoms with van der Waals surface area (Å²) in [5.74, 6) is -0.785. The highest BCUT2D eigenvalue weighted by atomic mass is 16.6. The van der Waals surface area contributed by atoms with Gasteiger partial charge in [-0.05, 0) is 38.5 Å². The van der Waals surface area contributed by atoms with Gasteiger partial charge in [-0.15, -0.1) is 0 Å². The summed E-state index contributed by atoms with van der Waals surface area (Å²) in [6.45, 7) is 3.12. The molecule has 0 heterocycles. The van der Waals surface area contributed by atoms with Crippen LogP contribution >= 0.6 is 0 Å². The van der Waals surface area contributed by atoms with Crippen molar-refractivity contribution in [3.8, 4) is 0 Å². The maximum absolute atomic E-state index is 11.8. The number of hydrogen-bond acceptors (Lipinski definition) is 5. The Bertz CT molecular complexity index is 555. The van der Waals surface area contributed by atoms with Gasteiger partial charge in [-0.3, -0.25) is 9.59 Å². The van der Waals surface area contributed by atoms with Crippen LogP contribution in [-0.4, -0.2) is 36.4 Å². The van der Waals surface area contributed by atoms with Crippen LogP contribution in [0.15, 0.2) is 24.3 Å². The zero-order valence-electron chi connectivity index (χ0n) is 23.5. The molecular formula is C31H56O5. The van der Waals surface area contributed by atoms with Crippen LogP contribution in [0.5, 0.6) is 0 Å². The first-order chi connectivity index (χ1) is 17.6. The van der Waals surface area contributed by atoms with E-state index in [0.29, 0.717) is 6.42 Å². The van der Waals surface area contributed by atoms with E-state index in [9.17, 15) is 14.7 Å². The molecule has 1 unspecified atom stereocenters. The Hall–Kier alpha value is -1.62. The van der Waals surface area contributed by atoms with Crippen molar-refractivity contribution in [2.24, 2.45) is 0 Å². The molecule has 0 fully saturated rings. The van der Waals surface area contributed by atoms with Gasteiger partial charge in [0, 0.05) is 13.3 Å². The predicted octanol–water partition coefficient (Wildman–Crippen LogP) is 8.39. The van der Waals surface area contributed by atoms with Crippen LogP contribution < -0.4 is 0 Å². The minimum Gasteiger partial charge on any atom is -0.462 e. The molecule has 0 aliphatic rings. The third-order valence-electron chi connectivity index (χ3n) is 6.31. The minimum absolute atomic E-state index is 0.0914. The standard InChI is InChI=1S/C31H56O5/c1-3-4-5-6-7-8-9-10-11-12-13-14-15-16-17-18-19-20-21-22-23-24-25-26-31(34)36-30(27-32)28-35-29(2)33/h9-10,12-13,30,32H,3-8,11,14-28H2,1-2H3/b10-9-,13-12-. The van der Waals surface area contributed by atoms with E-state index in [2.05, 4.69) is 31.2 Å². The number of aliphatic hydroxyl groups excluding tert-OH is 1. The van der Waals surface area contributed by atoms with Gasteiger partial charge in [0.2, 0.25) is 0 Å². The summed E-state index contributed by atoms with van der Waals surface area (Å²) in [6.07, 6.45) is 32.7. The highest BCUT2D eigenvalue weighted by Crippen LogP contribution is 2.13. The van der Waals surface area contributed by atoms with E-state index in [1.165, 1.54) is 103 Å². The maximum Gasteiger partial charge on any atom is 0.306 e. The lowest BCUT2D eigenvalue weighted by molar-refractivity contribution is -0.160. The number of carbonyl (C=O) groups excluding carboxylic acids is 2. The fraction of sp³-hybridized carbons (Fsp3) is 0.806. The Balaban J connectivity index is 3.34. The number of unbranched alkanes of at least 4 members (excludes halogenated alkanes) is 16. The van der Waals surface area contributed by atoms with Crippen LogP contribution in [-0.2, 0) is 19.1 Å². The first kappa shape index (κ1) is 34.4. The number of allylic oxidation sites excluding steroid dienone is 4. The Kier molecular flexibility index (Phi) is 26.7. The van der Waals surface area contributed by atoms with Crippen LogP contribution in [0, 0.1) is 0 Å². The van der Waals surface area contributed by atoms with Crippen LogP contribution in [0.2, 0.25) is 0 Å². The van der Waals surface area contributed by atoms with E-state index in [1.54, 1.807) is 0 Å².